The molecule has 2 aliphatic rings. The van der Waals surface area contributed by atoms with Gasteiger partial charge in [0.2, 0.25) is 0 Å². The minimum Gasteiger partial charge on any atom is -0.480 e. The van der Waals surface area contributed by atoms with E-state index in [1.165, 1.54) is 0 Å². The molecule has 1 atom stereocenters. The highest BCUT2D eigenvalue weighted by atomic mass is 16.5. The van der Waals surface area contributed by atoms with Gasteiger partial charge in [0.1, 0.15) is 5.54 Å². The van der Waals surface area contributed by atoms with Gasteiger partial charge in [0, 0.05) is 19.8 Å². The fraction of sp³-hybridized carbons (Fsp3) is 0.917. The van der Waals surface area contributed by atoms with Gasteiger partial charge in [0.05, 0.1) is 6.10 Å². The van der Waals surface area contributed by atoms with Crippen molar-refractivity contribution in [2.24, 2.45) is 0 Å². The van der Waals surface area contributed by atoms with Crippen molar-refractivity contribution >= 4 is 5.97 Å². The highest BCUT2D eigenvalue weighted by Gasteiger charge is 2.39. The molecule has 0 aromatic heterocycles. The Morgan fingerprint density at radius 1 is 1.35 bits per heavy atom. The van der Waals surface area contributed by atoms with Crippen molar-refractivity contribution in [1.82, 2.24) is 5.32 Å². The van der Waals surface area contributed by atoms with Gasteiger partial charge in [-0.25, -0.2) is 0 Å². The van der Waals surface area contributed by atoms with Crippen molar-refractivity contribution in [1.29, 1.82) is 0 Å². The third kappa shape index (κ3) is 3.18. The van der Waals surface area contributed by atoms with Crippen molar-refractivity contribution in [2.75, 3.05) is 26.4 Å². The number of carbonyl (C=O) groups is 1. The van der Waals surface area contributed by atoms with Gasteiger partial charge in [-0.05, 0) is 38.6 Å². The molecule has 0 spiro atoms. The molecule has 0 saturated carbocycles. The SMILES string of the molecule is O=C(O)C1(NCCC2CCCO2)CCOCC1. The van der Waals surface area contributed by atoms with Crippen LogP contribution in [0.25, 0.3) is 0 Å². The third-order valence-electron chi connectivity index (χ3n) is 3.71. The summed E-state index contributed by atoms with van der Waals surface area (Å²) in [5.41, 5.74) is -0.781. The number of rotatable bonds is 5. The predicted octanol–water partition coefficient (Wildman–Crippen LogP) is 0.779. The van der Waals surface area contributed by atoms with Crippen molar-refractivity contribution < 1.29 is 19.4 Å². The molecule has 5 heteroatoms. The van der Waals surface area contributed by atoms with Gasteiger partial charge in [0.15, 0.2) is 0 Å². The highest BCUT2D eigenvalue weighted by molar-refractivity contribution is 5.78. The van der Waals surface area contributed by atoms with E-state index in [-0.39, 0.29) is 0 Å². The number of aliphatic carboxylic acids is 1. The van der Waals surface area contributed by atoms with Crippen LogP contribution >= 0.6 is 0 Å². The predicted molar refractivity (Wildman–Crippen MR) is 62.0 cm³/mol. The largest absolute Gasteiger partial charge is 0.480 e. The van der Waals surface area contributed by atoms with Crippen LogP contribution in [-0.2, 0) is 14.3 Å². The summed E-state index contributed by atoms with van der Waals surface area (Å²) >= 11 is 0. The summed E-state index contributed by atoms with van der Waals surface area (Å²) in [5, 5.41) is 12.5. The third-order valence-corrected chi connectivity index (χ3v) is 3.71. The topological polar surface area (TPSA) is 67.8 Å². The van der Waals surface area contributed by atoms with Crippen molar-refractivity contribution in [3.8, 4) is 0 Å². The Balaban J connectivity index is 1.78. The molecule has 0 radical (unpaired) electrons. The standard InChI is InChI=1S/C12H21NO4/c14-11(15)12(4-8-16-9-5-12)13-6-3-10-2-1-7-17-10/h10,13H,1-9H2,(H,14,15). The van der Waals surface area contributed by atoms with E-state index in [1.54, 1.807) is 0 Å². The number of carboxylic acid groups (broad SMARTS) is 1. The fourth-order valence-electron chi connectivity index (χ4n) is 2.53. The lowest BCUT2D eigenvalue weighted by molar-refractivity contribution is -0.149. The van der Waals surface area contributed by atoms with Crippen LogP contribution in [0.15, 0.2) is 0 Å². The minimum absolute atomic E-state index is 0.313. The Kier molecular flexibility index (Phi) is 4.36. The minimum atomic E-state index is -0.781. The van der Waals surface area contributed by atoms with Crippen LogP contribution in [-0.4, -0.2) is 49.1 Å². The second-order valence-corrected chi connectivity index (χ2v) is 4.85. The van der Waals surface area contributed by atoms with E-state index in [9.17, 15) is 9.90 Å². The molecule has 0 aromatic rings. The lowest BCUT2D eigenvalue weighted by atomic mass is 9.90. The van der Waals surface area contributed by atoms with E-state index >= 15 is 0 Å². The van der Waals surface area contributed by atoms with Gasteiger partial charge in [-0.2, -0.15) is 0 Å². The number of ether oxygens (including phenoxy) is 2. The lowest BCUT2D eigenvalue weighted by Crippen LogP contribution is -2.55. The molecule has 2 fully saturated rings. The highest BCUT2D eigenvalue weighted by Crippen LogP contribution is 2.22. The summed E-state index contributed by atoms with van der Waals surface area (Å²) in [6.07, 6.45) is 4.54. The van der Waals surface area contributed by atoms with Crippen molar-refractivity contribution in [2.45, 2.75) is 43.7 Å². The molecule has 2 N–H and O–H groups in total. The van der Waals surface area contributed by atoms with Gasteiger partial charge in [-0.15, -0.1) is 0 Å². The van der Waals surface area contributed by atoms with Crippen LogP contribution < -0.4 is 5.32 Å². The molecule has 0 aliphatic carbocycles. The van der Waals surface area contributed by atoms with Crippen LogP contribution in [0, 0.1) is 0 Å². The van der Waals surface area contributed by atoms with Crippen LogP contribution in [0.5, 0.6) is 0 Å². The quantitative estimate of drug-likeness (QED) is 0.747. The van der Waals surface area contributed by atoms with E-state index in [0.29, 0.717) is 38.7 Å². The first kappa shape index (κ1) is 12.8. The summed E-state index contributed by atoms with van der Waals surface area (Å²) in [6.45, 7) is 2.61. The Hall–Kier alpha value is -0.650. The van der Waals surface area contributed by atoms with Crippen molar-refractivity contribution in [3.63, 3.8) is 0 Å². The first-order chi connectivity index (χ1) is 8.23. The number of hydrogen-bond donors (Lipinski definition) is 2. The normalized spacial score (nSPS) is 28.1. The second-order valence-electron chi connectivity index (χ2n) is 4.85. The van der Waals surface area contributed by atoms with Gasteiger partial charge in [-0.1, -0.05) is 0 Å². The monoisotopic (exact) mass is 243 g/mol. The molecule has 2 aliphatic heterocycles. The number of nitrogens with one attached hydrogen (secondary N) is 1. The molecule has 98 valence electrons. The molecular formula is C12H21NO4. The van der Waals surface area contributed by atoms with Gasteiger partial charge in [-0.3, -0.25) is 4.79 Å². The van der Waals surface area contributed by atoms with E-state index in [4.69, 9.17) is 9.47 Å². The van der Waals surface area contributed by atoms with Crippen molar-refractivity contribution in [3.05, 3.63) is 0 Å². The van der Waals surface area contributed by atoms with E-state index in [1.807, 2.05) is 0 Å². The molecule has 1 unspecified atom stereocenters. The van der Waals surface area contributed by atoms with Gasteiger partial charge >= 0.3 is 5.97 Å². The maximum atomic E-state index is 11.4. The lowest BCUT2D eigenvalue weighted by Gasteiger charge is -2.34. The van der Waals surface area contributed by atoms with Gasteiger partial charge in [0.25, 0.3) is 0 Å². The van der Waals surface area contributed by atoms with E-state index in [0.717, 1.165) is 25.9 Å². The smallest absolute Gasteiger partial charge is 0.324 e. The summed E-state index contributed by atoms with van der Waals surface area (Å²) < 4.78 is 10.8. The molecular weight excluding hydrogens is 222 g/mol. The maximum Gasteiger partial charge on any atom is 0.324 e. The van der Waals surface area contributed by atoms with E-state index in [2.05, 4.69) is 5.32 Å². The van der Waals surface area contributed by atoms with Crippen LogP contribution in [0.4, 0.5) is 0 Å². The Morgan fingerprint density at radius 3 is 2.71 bits per heavy atom. The molecule has 0 aromatic carbocycles. The zero-order chi connectivity index (χ0) is 12.1. The fourth-order valence-corrected chi connectivity index (χ4v) is 2.53. The van der Waals surface area contributed by atoms with Crippen LogP contribution in [0.1, 0.15) is 32.1 Å². The van der Waals surface area contributed by atoms with E-state index < -0.39 is 11.5 Å². The summed E-state index contributed by atoms with van der Waals surface area (Å²) in [5.74, 6) is -0.756. The molecule has 5 nitrogen and oxygen atoms in total. The molecule has 2 heterocycles. The Labute approximate surface area is 101 Å². The molecule has 0 amide bonds. The molecule has 2 saturated heterocycles. The zero-order valence-electron chi connectivity index (χ0n) is 10.1. The Bertz CT molecular complexity index is 257. The average Bonchev–Trinajstić information content (AvgIpc) is 2.83. The Morgan fingerprint density at radius 2 is 2.12 bits per heavy atom. The first-order valence-electron chi connectivity index (χ1n) is 6.41. The molecule has 17 heavy (non-hydrogen) atoms. The molecule has 2 rings (SSSR count). The number of carboxylic acids is 1. The summed E-state index contributed by atoms with van der Waals surface area (Å²) in [7, 11) is 0. The van der Waals surface area contributed by atoms with Crippen LogP contribution in [0.3, 0.4) is 0 Å². The average molecular weight is 243 g/mol. The molecule has 0 bridgehead atoms. The van der Waals surface area contributed by atoms with Crippen LogP contribution in [0.2, 0.25) is 0 Å². The summed E-state index contributed by atoms with van der Waals surface area (Å²) in [6, 6.07) is 0. The summed E-state index contributed by atoms with van der Waals surface area (Å²) in [4.78, 5) is 11.4. The second kappa shape index (κ2) is 5.80. The number of hydrogen-bond acceptors (Lipinski definition) is 4. The maximum absolute atomic E-state index is 11.4. The first-order valence-corrected chi connectivity index (χ1v) is 6.41. The van der Waals surface area contributed by atoms with Gasteiger partial charge < -0.3 is 19.9 Å². The zero-order valence-corrected chi connectivity index (χ0v) is 10.1.